The number of aromatic hydroxyl groups is 1. The summed E-state index contributed by atoms with van der Waals surface area (Å²) in [6, 6.07) is 10.9. The molecule has 0 amide bonds. The quantitative estimate of drug-likeness (QED) is 0.405. The van der Waals surface area contributed by atoms with E-state index in [9.17, 15) is 5.11 Å². The molecule has 0 spiro atoms. The first-order valence-electron chi connectivity index (χ1n) is 11.1. The monoisotopic (exact) mass is 366 g/mol. The second-order valence-electron chi connectivity index (χ2n) is 7.74. The minimum Gasteiger partial charge on any atom is -0.508 e. The Morgan fingerprint density at radius 1 is 0.630 bits per heavy atom. The predicted molar refractivity (Wildman–Crippen MR) is 119 cm³/mol. The molecule has 2 rings (SSSR count). The average Bonchev–Trinajstić information content (AvgIpc) is 2.67. The van der Waals surface area contributed by atoms with Crippen LogP contribution in [0.1, 0.15) is 88.5 Å². The van der Waals surface area contributed by atoms with Gasteiger partial charge in [0.05, 0.1) is 0 Å². The molecule has 0 heterocycles. The Morgan fingerprint density at radius 2 is 1.26 bits per heavy atom. The molecule has 0 radical (unpaired) electrons. The SMILES string of the molecule is CCCCCc1ccccc1-c1cc(O)c(CCC)c(CCC)c1CCC. The van der Waals surface area contributed by atoms with Crippen molar-refractivity contribution in [2.45, 2.75) is 91.9 Å². The fourth-order valence-corrected chi connectivity index (χ4v) is 4.23. The van der Waals surface area contributed by atoms with Gasteiger partial charge in [0.1, 0.15) is 5.75 Å². The Labute approximate surface area is 166 Å². The molecule has 1 heteroatoms. The lowest BCUT2D eigenvalue weighted by atomic mass is 9.84. The largest absolute Gasteiger partial charge is 0.508 e. The molecule has 0 bridgehead atoms. The first-order valence-corrected chi connectivity index (χ1v) is 11.1. The molecule has 0 saturated heterocycles. The summed E-state index contributed by atoms with van der Waals surface area (Å²) in [5.74, 6) is 0.499. The summed E-state index contributed by atoms with van der Waals surface area (Å²) in [5, 5.41) is 10.9. The molecule has 1 N–H and O–H groups in total. The summed E-state index contributed by atoms with van der Waals surface area (Å²) >= 11 is 0. The van der Waals surface area contributed by atoms with Crippen LogP contribution in [0.4, 0.5) is 0 Å². The number of phenolic OH excluding ortho intramolecular Hbond substituents is 1. The van der Waals surface area contributed by atoms with Crippen molar-refractivity contribution >= 4 is 0 Å². The minimum absolute atomic E-state index is 0.499. The van der Waals surface area contributed by atoms with Crippen LogP contribution in [-0.2, 0) is 25.7 Å². The third-order valence-corrected chi connectivity index (χ3v) is 5.50. The smallest absolute Gasteiger partial charge is 0.119 e. The van der Waals surface area contributed by atoms with Gasteiger partial charge in [-0.15, -0.1) is 0 Å². The Hall–Kier alpha value is -1.76. The molecular formula is C26H38O. The van der Waals surface area contributed by atoms with E-state index in [1.54, 1.807) is 0 Å². The van der Waals surface area contributed by atoms with E-state index in [-0.39, 0.29) is 0 Å². The number of aryl methyl sites for hydroxylation is 1. The van der Waals surface area contributed by atoms with Gasteiger partial charge in [-0.05, 0) is 71.6 Å². The number of unbranched alkanes of at least 4 members (excludes halogenated alkanes) is 2. The molecule has 148 valence electrons. The Balaban J connectivity index is 2.62. The van der Waals surface area contributed by atoms with E-state index in [1.165, 1.54) is 52.6 Å². The number of hydrogen-bond donors (Lipinski definition) is 1. The van der Waals surface area contributed by atoms with E-state index in [4.69, 9.17) is 0 Å². The summed E-state index contributed by atoms with van der Waals surface area (Å²) < 4.78 is 0. The molecule has 0 aliphatic carbocycles. The first kappa shape index (κ1) is 21.5. The normalized spacial score (nSPS) is 11.1. The van der Waals surface area contributed by atoms with Gasteiger partial charge >= 0.3 is 0 Å². The van der Waals surface area contributed by atoms with Crippen LogP contribution in [0.15, 0.2) is 30.3 Å². The van der Waals surface area contributed by atoms with Crippen LogP contribution in [0.25, 0.3) is 11.1 Å². The van der Waals surface area contributed by atoms with Gasteiger partial charge < -0.3 is 5.11 Å². The fraction of sp³-hybridized carbons (Fsp3) is 0.538. The molecule has 0 aromatic heterocycles. The van der Waals surface area contributed by atoms with Crippen LogP contribution in [0, 0.1) is 0 Å². The van der Waals surface area contributed by atoms with Gasteiger partial charge in [0, 0.05) is 0 Å². The molecule has 0 unspecified atom stereocenters. The van der Waals surface area contributed by atoms with Crippen molar-refractivity contribution in [3.63, 3.8) is 0 Å². The summed E-state index contributed by atoms with van der Waals surface area (Å²) in [6.07, 6.45) is 11.3. The van der Waals surface area contributed by atoms with Crippen LogP contribution in [0.5, 0.6) is 5.75 Å². The fourth-order valence-electron chi connectivity index (χ4n) is 4.23. The lowest BCUT2D eigenvalue weighted by Crippen LogP contribution is -2.05. The van der Waals surface area contributed by atoms with Crippen LogP contribution in [-0.4, -0.2) is 5.11 Å². The number of rotatable bonds is 11. The maximum atomic E-state index is 10.9. The van der Waals surface area contributed by atoms with Crippen molar-refractivity contribution in [3.05, 3.63) is 52.6 Å². The van der Waals surface area contributed by atoms with Crippen molar-refractivity contribution in [1.82, 2.24) is 0 Å². The molecule has 0 aliphatic heterocycles. The molecule has 1 nitrogen and oxygen atoms in total. The minimum atomic E-state index is 0.499. The van der Waals surface area contributed by atoms with E-state index in [0.29, 0.717) is 5.75 Å². The highest BCUT2D eigenvalue weighted by Crippen LogP contribution is 2.38. The van der Waals surface area contributed by atoms with Crippen molar-refractivity contribution in [1.29, 1.82) is 0 Å². The summed E-state index contributed by atoms with van der Waals surface area (Å²) in [7, 11) is 0. The van der Waals surface area contributed by atoms with Gasteiger partial charge in [0.15, 0.2) is 0 Å². The molecule has 0 aliphatic rings. The zero-order valence-electron chi connectivity index (χ0n) is 17.9. The predicted octanol–water partition coefficient (Wildman–Crippen LogP) is 7.65. The van der Waals surface area contributed by atoms with Gasteiger partial charge in [-0.3, -0.25) is 0 Å². The highest BCUT2D eigenvalue weighted by atomic mass is 16.3. The van der Waals surface area contributed by atoms with Crippen LogP contribution >= 0.6 is 0 Å². The molecule has 0 fully saturated rings. The van der Waals surface area contributed by atoms with E-state index in [0.717, 1.165) is 44.9 Å². The zero-order valence-corrected chi connectivity index (χ0v) is 17.9. The maximum absolute atomic E-state index is 10.9. The lowest BCUT2D eigenvalue weighted by molar-refractivity contribution is 0.466. The second-order valence-corrected chi connectivity index (χ2v) is 7.74. The second kappa shape index (κ2) is 11.2. The van der Waals surface area contributed by atoms with Crippen LogP contribution in [0.3, 0.4) is 0 Å². The average molecular weight is 367 g/mol. The topological polar surface area (TPSA) is 20.2 Å². The third-order valence-electron chi connectivity index (χ3n) is 5.50. The maximum Gasteiger partial charge on any atom is 0.119 e. The molecule has 0 saturated carbocycles. The first-order chi connectivity index (χ1) is 13.2. The highest BCUT2D eigenvalue weighted by molar-refractivity contribution is 5.75. The van der Waals surface area contributed by atoms with Gasteiger partial charge in [-0.2, -0.15) is 0 Å². The molecule has 0 atom stereocenters. The molecule has 2 aromatic rings. The van der Waals surface area contributed by atoms with Crippen molar-refractivity contribution in [2.24, 2.45) is 0 Å². The Kier molecular flexibility index (Phi) is 8.91. The van der Waals surface area contributed by atoms with Crippen LogP contribution in [0.2, 0.25) is 0 Å². The van der Waals surface area contributed by atoms with Gasteiger partial charge in [-0.25, -0.2) is 0 Å². The Bertz CT molecular complexity index is 714. The summed E-state index contributed by atoms with van der Waals surface area (Å²) in [4.78, 5) is 0. The molecular weight excluding hydrogens is 328 g/mol. The van der Waals surface area contributed by atoms with Gasteiger partial charge in [-0.1, -0.05) is 84.1 Å². The number of phenols is 1. The van der Waals surface area contributed by atoms with E-state index in [2.05, 4.69) is 58.0 Å². The Morgan fingerprint density at radius 3 is 1.93 bits per heavy atom. The van der Waals surface area contributed by atoms with E-state index >= 15 is 0 Å². The lowest BCUT2D eigenvalue weighted by Gasteiger charge is -2.22. The van der Waals surface area contributed by atoms with Crippen molar-refractivity contribution in [2.75, 3.05) is 0 Å². The van der Waals surface area contributed by atoms with E-state index < -0.39 is 0 Å². The van der Waals surface area contributed by atoms with E-state index in [1.807, 2.05) is 0 Å². The zero-order chi connectivity index (χ0) is 19.6. The van der Waals surface area contributed by atoms with Gasteiger partial charge in [0.25, 0.3) is 0 Å². The van der Waals surface area contributed by atoms with Crippen molar-refractivity contribution in [3.8, 4) is 16.9 Å². The standard InChI is InChI=1S/C26H38O/c1-5-9-10-16-20-17-11-12-18-21(20)25-19-26(27)24(15-8-4)22(13-6-2)23(25)14-7-3/h11-12,17-19,27H,5-10,13-16H2,1-4H3. The third kappa shape index (κ3) is 5.37. The summed E-state index contributed by atoms with van der Waals surface area (Å²) in [6.45, 7) is 8.96. The van der Waals surface area contributed by atoms with Gasteiger partial charge in [0.2, 0.25) is 0 Å². The highest BCUT2D eigenvalue weighted by Gasteiger charge is 2.19. The summed E-state index contributed by atoms with van der Waals surface area (Å²) in [5.41, 5.74) is 8.10. The number of benzene rings is 2. The molecule has 27 heavy (non-hydrogen) atoms. The van der Waals surface area contributed by atoms with Crippen molar-refractivity contribution < 1.29 is 5.11 Å². The number of hydrogen-bond acceptors (Lipinski definition) is 1. The van der Waals surface area contributed by atoms with Crippen LogP contribution < -0.4 is 0 Å². The molecule has 2 aromatic carbocycles.